The van der Waals surface area contributed by atoms with E-state index in [0.717, 1.165) is 6.29 Å². The summed E-state index contributed by atoms with van der Waals surface area (Å²) in [5.41, 5.74) is 0. The SMILES string of the molecule is CC(=O)OCC1OC(Br)C(NCP)[C@@H](C)[C@@H]1C. The fourth-order valence-electron chi connectivity index (χ4n) is 2.09. The number of rotatable bonds is 4. The van der Waals surface area contributed by atoms with E-state index in [-0.39, 0.29) is 23.1 Å². The Balaban J connectivity index is 2.58. The number of carbonyl (C=O) groups is 1. The lowest BCUT2D eigenvalue weighted by Gasteiger charge is -2.43. The van der Waals surface area contributed by atoms with E-state index in [4.69, 9.17) is 9.47 Å². The summed E-state index contributed by atoms with van der Waals surface area (Å²) in [6.45, 7) is 6.08. The van der Waals surface area contributed by atoms with Gasteiger partial charge >= 0.3 is 5.97 Å². The number of alkyl halides is 1. The van der Waals surface area contributed by atoms with Gasteiger partial charge in [-0.2, -0.15) is 0 Å². The Hall–Kier alpha value is 0.300. The highest BCUT2D eigenvalue weighted by atomic mass is 79.9. The molecule has 1 saturated heterocycles. The highest BCUT2D eigenvalue weighted by molar-refractivity contribution is 9.09. The minimum absolute atomic E-state index is 0.0409. The first-order valence-corrected chi connectivity index (χ1v) is 7.57. The number of hydrogen-bond acceptors (Lipinski definition) is 4. The van der Waals surface area contributed by atoms with Gasteiger partial charge in [0, 0.05) is 19.3 Å². The molecule has 0 saturated carbocycles. The van der Waals surface area contributed by atoms with Crippen molar-refractivity contribution < 1.29 is 14.3 Å². The molecule has 6 heteroatoms. The van der Waals surface area contributed by atoms with E-state index in [1.54, 1.807) is 0 Å². The summed E-state index contributed by atoms with van der Waals surface area (Å²) in [4.78, 5) is 10.8. The van der Waals surface area contributed by atoms with E-state index >= 15 is 0 Å². The monoisotopic (exact) mass is 325 g/mol. The Morgan fingerprint density at radius 3 is 2.65 bits per heavy atom. The van der Waals surface area contributed by atoms with Crippen LogP contribution in [0.1, 0.15) is 20.8 Å². The summed E-state index contributed by atoms with van der Waals surface area (Å²) in [5, 5.41) is 3.34. The van der Waals surface area contributed by atoms with Crippen LogP contribution in [0.3, 0.4) is 0 Å². The quantitative estimate of drug-likeness (QED) is 0.486. The molecule has 17 heavy (non-hydrogen) atoms. The van der Waals surface area contributed by atoms with E-state index in [0.29, 0.717) is 18.4 Å². The molecule has 4 nitrogen and oxygen atoms in total. The van der Waals surface area contributed by atoms with Crippen LogP contribution in [0, 0.1) is 11.8 Å². The van der Waals surface area contributed by atoms with Crippen LogP contribution in [-0.4, -0.2) is 36.0 Å². The molecular formula is C11H21BrNO3P. The Bertz CT molecular complexity index is 267. The maximum atomic E-state index is 10.8. The molecule has 0 amide bonds. The van der Waals surface area contributed by atoms with Crippen LogP contribution >= 0.6 is 25.2 Å². The lowest BCUT2D eigenvalue weighted by molar-refractivity contribution is -0.153. The summed E-state index contributed by atoms with van der Waals surface area (Å²) in [6.07, 6.45) is 0.794. The molecule has 100 valence electrons. The second-order valence-corrected chi connectivity index (χ2v) is 5.79. The molecule has 6 atom stereocenters. The molecule has 0 aromatic carbocycles. The molecule has 1 aliphatic heterocycles. The normalized spacial score (nSPS) is 37.8. The third-order valence-electron chi connectivity index (χ3n) is 3.37. The van der Waals surface area contributed by atoms with Gasteiger partial charge in [0.1, 0.15) is 11.6 Å². The van der Waals surface area contributed by atoms with Gasteiger partial charge in [-0.25, -0.2) is 0 Å². The first-order chi connectivity index (χ1) is 7.97. The predicted molar refractivity (Wildman–Crippen MR) is 74.0 cm³/mol. The van der Waals surface area contributed by atoms with Crippen LogP contribution in [0.2, 0.25) is 0 Å². The summed E-state index contributed by atoms with van der Waals surface area (Å²) < 4.78 is 10.9. The zero-order valence-corrected chi connectivity index (χ0v) is 13.2. The first kappa shape index (κ1) is 15.4. The zero-order chi connectivity index (χ0) is 13.0. The van der Waals surface area contributed by atoms with Gasteiger partial charge in [0.2, 0.25) is 0 Å². The summed E-state index contributed by atoms with van der Waals surface area (Å²) in [7, 11) is 2.66. The van der Waals surface area contributed by atoms with E-state index in [1.165, 1.54) is 6.92 Å². The molecule has 1 N–H and O–H groups in total. The summed E-state index contributed by atoms with van der Waals surface area (Å²) >= 11 is 3.54. The number of hydrogen-bond donors (Lipinski definition) is 1. The van der Waals surface area contributed by atoms with Crippen molar-refractivity contribution in [2.75, 3.05) is 12.9 Å². The van der Waals surface area contributed by atoms with Gasteiger partial charge in [-0.05, 0) is 11.8 Å². The molecule has 1 rings (SSSR count). The number of halogens is 1. The Morgan fingerprint density at radius 2 is 2.12 bits per heavy atom. The molecule has 4 unspecified atom stereocenters. The molecule has 1 aliphatic rings. The van der Waals surface area contributed by atoms with Crippen molar-refractivity contribution in [3.05, 3.63) is 0 Å². The average Bonchev–Trinajstić information content (AvgIpc) is 2.27. The zero-order valence-electron chi connectivity index (χ0n) is 10.5. The predicted octanol–water partition coefficient (Wildman–Crippen LogP) is 1.73. The van der Waals surface area contributed by atoms with Gasteiger partial charge in [0.25, 0.3) is 0 Å². The lowest BCUT2D eigenvalue weighted by atomic mass is 9.83. The third-order valence-corrected chi connectivity index (χ3v) is 4.39. The van der Waals surface area contributed by atoms with Gasteiger partial charge in [0.15, 0.2) is 0 Å². The highest BCUT2D eigenvalue weighted by Crippen LogP contribution is 2.33. The molecule has 1 fully saturated rings. The summed E-state index contributed by atoms with van der Waals surface area (Å²) in [5.74, 6) is 0.538. The fourth-order valence-corrected chi connectivity index (χ4v) is 3.30. The summed E-state index contributed by atoms with van der Waals surface area (Å²) in [6, 6.07) is 0.274. The van der Waals surface area contributed by atoms with E-state index in [9.17, 15) is 4.79 Å². The van der Waals surface area contributed by atoms with Crippen LogP contribution < -0.4 is 5.32 Å². The Labute approximate surface area is 114 Å². The topological polar surface area (TPSA) is 47.6 Å². The number of ether oxygens (including phenoxy) is 2. The maximum Gasteiger partial charge on any atom is 0.302 e. The fraction of sp³-hybridized carbons (Fsp3) is 0.909. The molecule has 0 aromatic heterocycles. The number of carbonyl (C=O) groups excluding carboxylic acids is 1. The van der Waals surface area contributed by atoms with Crippen molar-refractivity contribution in [3.8, 4) is 0 Å². The van der Waals surface area contributed by atoms with Crippen LogP contribution in [0.25, 0.3) is 0 Å². The molecule has 0 aliphatic carbocycles. The van der Waals surface area contributed by atoms with Crippen molar-refractivity contribution in [2.24, 2.45) is 11.8 Å². The second kappa shape index (κ2) is 7.03. The molecule has 0 spiro atoms. The van der Waals surface area contributed by atoms with Gasteiger partial charge in [-0.15, -0.1) is 9.24 Å². The van der Waals surface area contributed by atoms with E-state index in [2.05, 4.69) is 44.3 Å². The van der Waals surface area contributed by atoms with E-state index < -0.39 is 0 Å². The minimum atomic E-state index is -0.259. The molecular weight excluding hydrogens is 305 g/mol. The maximum absolute atomic E-state index is 10.8. The number of nitrogens with one attached hydrogen (secondary N) is 1. The second-order valence-electron chi connectivity index (χ2n) is 4.48. The van der Waals surface area contributed by atoms with Crippen LogP contribution in [0.15, 0.2) is 0 Å². The van der Waals surface area contributed by atoms with Crippen molar-refractivity contribution in [1.29, 1.82) is 0 Å². The van der Waals surface area contributed by atoms with Crippen LogP contribution in [-0.2, 0) is 14.3 Å². The van der Waals surface area contributed by atoms with Crippen molar-refractivity contribution in [1.82, 2.24) is 5.32 Å². The van der Waals surface area contributed by atoms with Crippen molar-refractivity contribution in [2.45, 2.75) is 37.9 Å². The molecule has 1 heterocycles. The minimum Gasteiger partial charge on any atom is -0.463 e. The number of esters is 1. The molecule has 0 aromatic rings. The Morgan fingerprint density at radius 1 is 1.47 bits per heavy atom. The smallest absolute Gasteiger partial charge is 0.302 e. The largest absolute Gasteiger partial charge is 0.463 e. The van der Waals surface area contributed by atoms with Crippen LogP contribution in [0.5, 0.6) is 0 Å². The van der Waals surface area contributed by atoms with Gasteiger partial charge < -0.3 is 14.8 Å². The molecule has 0 bridgehead atoms. The van der Waals surface area contributed by atoms with Gasteiger partial charge in [0.05, 0.1) is 6.10 Å². The Kier molecular flexibility index (Phi) is 6.35. The average molecular weight is 326 g/mol. The van der Waals surface area contributed by atoms with Crippen molar-refractivity contribution >= 4 is 31.1 Å². The first-order valence-electron chi connectivity index (χ1n) is 5.83. The van der Waals surface area contributed by atoms with E-state index in [1.807, 2.05) is 0 Å². The lowest BCUT2D eigenvalue weighted by Crippen LogP contribution is -2.54. The van der Waals surface area contributed by atoms with Gasteiger partial charge in [-0.1, -0.05) is 29.8 Å². The molecule has 0 radical (unpaired) electrons. The van der Waals surface area contributed by atoms with Crippen LogP contribution in [0.4, 0.5) is 0 Å². The highest BCUT2D eigenvalue weighted by Gasteiger charge is 2.40. The van der Waals surface area contributed by atoms with Gasteiger partial charge in [-0.3, -0.25) is 4.79 Å². The third kappa shape index (κ3) is 4.16. The van der Waals surface area contributed by atoms with Crippen molar-refractivity contribution in [3.63, 3.8) is 0 Å². The standard InChI is InChI=1S/C11H21BrNO3P/c1-6-7(2)10(13-5-17)11(12)16-9(6)4-15-8(3)14/h6-7,9-11,13H,4-5,17H2,1-3H3/t6-,7-,9?,10?,11?/m0/s1.